The van der Waals surface area contributed by atoms with Crippen molar-refractivity contribution in [3.05, 3.63) is 22.6 Å². The van der Waals surface area contributed by atoms with Crippen molar-refractivity contribution < 1.29 is 14.6 Å². The molecule has 0 aliphatic rings. The van der Waals surface area contributed by atoms with Crippen LogP contribution in [0.5, 0.6) is 0 Å². The Morgan fingerprint density at radius 3 is 2.92 bits per heavy atom. The Balaban J connectivity index is 3.75. The monoisotopic (exact) mass is 171 g/mol. The van der Waals surface area contributed by atoms with Crippen molar-refractivity contribution in [2.75, 3.05) is 6.61 Å². The van der Waals surface area contributed by atoms with Gasteiger partial charge in [0, 0.05) is 10.5 Å². The van der Waals surface area contributed by atoms with E-state index in [2.05, 4.69) is 21.3 Å². The highest BCUT2D eigenvalue weighted by molar-refractivity contribution is 5.86. The molecule has 0 aliphatic heterocycles. The third-order valence-electron chi connectivity index (χ3n) is 0.897. The fourth-order valence-corrected chi connectivity index (χ4v) is 0.366. The van der Waals surface area contributed by atoms with Crippen molar-refractivity contribution in [1.29, 1.82) is 0 Å². The largest absolute Gasteiger partial charge is 0.459 e. The van der Waals surface area contributed by atoms with Crippen LogP contribution in [-0.4, -0.2) is 23.9 Å². The minimum Gasteiger partial charge on any atom is -0.459 e. The first-order chi connectivity index (χ1) is 5.57. The Bertz CT molecular complexity index is 232. The second-order valence-electron chi connectivity index (χ2n) is 2.06. The van der Waals surface area contributed by atoms with Gasteiger partial charge in [-0.15, -0.1) is 0 Å². The van der Waals surface area contributed by atoms with Crippen molar-refractivity contribution in [2.45, 2.75) is 13.2 Å². The highest BCUT2D eigenvalue weighted by atomic mass is 16.5. The zero-order valence-corrected chi connectivity index (χ0v) is 6.60. The number of carbonyl (C=O) groups excluding carboxylic acids is 1. The van der Waals surface area contributed by atoms with Crippen LogP contribution in [0.15, 0.2) is 17.3 Å². The molecule has 6 heteroatoms. The lowest BCUT2D eigenvalue weighted by Crippen LogP contribution is -2.16. The number of esters is 1. The third kappa shape index (κ3) is 4.32. The Kier molecular flexibility index (Phi) is 4.52. The van der Waals surface area contributed by atoms with Crippen LogP contribution in [-0.2, 0) is 9.53 Å². The van der Waals surface area contributed by atoms with Gasteiger partial charge in [-0.1, -0.05) is 11.7 Å². The summed E-state index contributed by atoms with van der Waals surface area (Å²) in [6, 6.07) is 0. The molecule has 0 saturated carbocycles. The number of hydrogen-bond donors (Lipinski definition) is 1. The number of carbonyl (C=O) groups is 1. The summed E-state index contributed by atoms with van der Waals surface area (Å²) in [7, 11) is 0. The number of aliphatic hydroxyl groups is 1. The number of nitrogens with zero attached hydrogens (tertiary/aromatic N) is 3. The van der Waals surface area contributed by atoms with Crippen molar-refractivity contribution >= 4 is 5.97 Å². The van der Waals surface area contributed by atoms with Gasteiger partial charge in [0.2, 0.25) is 0 Å². The van der Waals surface area contributed by atoms with E-state index in [9.17, 15) is 4.79 Å². The molecular formula is C6H9N3O3. The van der Waals surface area contributed by atoms with Gasteiger partial charge in [0.1, 0.15) is 6.61 Å². The van der Waals surface area contributed by atoms with Gasteiger partial charge in [-0.3, -0.25) is 0 Å². The molecule has 1 atom stereocenters. The van der Waals surface area contributed by atoms with E-state index in [1.807, 2.05) is 0 Å². The average molecular weight is 171 g/mol. The molecule has 0 amide bonds. The summed E-state index contributed by atoms with van der Waals surface area (Å²) >= 11 is 0. The molecule has 1 N–H and O–H groups in total. The molecule has 66 valence electrons. The first-order valence-electron chi connectivity index (χ1n) is 3.13. The summed E-state index contributed by atoms with van der Waals surface area (Å²) < 4.78 is 4.46. The molecule has 0 aromatic carbocycles. The third-order valence-corrected chi connectivity index (χ3v) is 0.897. The molecule has 12 heavy (non-hydrogen) atoms. The molecule has 0 aromatic rings. The minimum absolute atomic E-state index is 0.225. The van der Waals surface area contributed by atoms with E-state index in [0.29, 0.717) is 0 Å². The van der Waals surface area contributed by atoms with Crippen LogP contribution < -0.4 is 0 Å². The predicted molar refractivity (Wildman–Crippen MR) is 40.9 cm³/mol. The minimum atomic E-state index is -1.33. The zero-order valence-electron chi connectivity index (χ0n) is 6.60. The van der Waals surface area contributed by atoms with Crippen LogP contribution in [0.1, 0.15) is 6.92 Å². The smallest absolute Gasteiger partial charge is 0.333 e. The maximum atomic E-state index is 10.7. The molecule has 6 nitrogen and oxygen atoms in total. The number of ether oxygens (including phenoxy) is 1. The molecule has 0 aliphatic carbocycles. The van der Waals surface area contributed by atoms with Gasteiger partial charge >= 0.3 is 5.97 Å². The van der Waals surface area contributed by atoms with Crippen molar-refractivity contribution in [3.63, 3.8) is 0 Å². The second-order valence-corrected chi connectivity index (χ2v) is 2.06. The van der Waals surface area contributed by atoms with Crippen molar-refractivity contribution in [2.24, 2.45) is 5.11 Å². The zero-order chi connectivity index (χ0) is 9.56. The van der Waals surface area contributed by atoms with Crippen LogP contribution in [0, 0.1) is 0 Å². The van der Waals surface area contributed by atoms with Crippen LogP contribution in [0.25, 0.3) is 10.4 Å². The van der Waals surface area contributed by atoms with Crippen LogP contribution in [0.3, 0.4) is 0 Å². The summed E-state index contributed by atoms with van der Waals surface area (Å²) in [4.78, 5) is 13.0. The summed E-state index contributed by atoms with van der Waals surface area (Å²) in [6.07, 6.45) is -1.33. The van der Waals surface area contributed by atoms with E-state index in [1.165, 1.54) is 6.92 Å². The molecular weight excluding hydrogens is 162 g/mol. The van der Waals surface area contributed by atoms with E-state index in [-0.39, 0.29) is 12.2 Å². The molecule has 0 bridgehead atoms. The maximum Gasteiger partial charge on any atom is 0.333 e. The maximum absolute atomic E-state index is 10.7. The molecule has 0 fully saturated rings. The number of rotatable bonds is 4. The first-order valence-corrected chi connectivity index (χ1v) is 3.13. The van der Waals surface area contributed by atoms with Crippen molar-refractivity contribution in [3.8, 4) is 0 Å². The Labute approximate surface area is 69.1 Å². The number of hydrogen-bond acceptors (Lipinski definition) is 4. The van der Waals surface area contributed by atoms with E-state index < -0.39 is 12.2 Å². The molecule has 0 aromatic heterocycles. The van der Waals surface area contributed by atoms with E-state index in [0.717, 1.165) is 0 Å². The van der Waals surface area contributed by atoms with E-state index >= 15 is 0 Å². The lowest BCUT2D eigenvalue weighted by Gasteiger charge is -2.04. The van der Waals surface area contributed by atoms with Gasteiger partial charge in [-0.25, -0.2) is 4.79 Å². The summed E-state index contributed by atoms with van der Waals surface area (Å²) in [6.45, 7) is 4.44. The number of azide groups is 1. The number of aliphatic hydroxyl groups excluding tert-OH is 1. The fraction of sp³-hybridized carbons (Fsp3) is 0.500. The van der Waals surface area contributed by atoms with Gasteiger partial charge in [0.15, 0.2) is 6.23 Å². The normalized spacial score (nSPS) is 11.2. The van der Waals surface area contributed by atoms with Gasteiger partial charge < -0.3 is 9.84 Å². The highest BCUT2D eigenvalue weighted by Crippen LogP contribution is 1.94. The summed E-state index contributed by atoms with van der Waals surface area (Å²) in [5.74, 6) is -0.623. The molecule has 0 rings (SSSR count). The highest BCUT2D eigenvalue weighted by Gasteiger charge is 2.06. The summed E-state index contributed by atoms with van der Waals surface area (Å²) in [5, 5.41) is 11.6. The quantitative estimate of drug-likeness (QED) is 0.222. The van der Waals surface area contributed by atoms with E-state index in [4.69, 9.17) is 10.6 Å². The van der Waals surface area contributed by atoms with Gasteiger partial charge in [-0.2, -0.15) is 0 Å². The SMILES string of the molecule is C=C(C)C(=O)OC[C@H](O)N=[N+]=[N-]. The van der Waals surface area contributed by atoms with Crippen molar-refractivity contribution in [1.82, 2.24) is 0 Å². The Morgan fingerprint density at radius 2 is 2.50 bits per heavy atom. The van der Waals surface area contributed by atoms with Gasteiger partial charge in [0.05, 0.1) is 0 Å². The van der Waals surface area contributed by atoms with Crippen LogP contribution >= 0.6 is 0 Å². The average Bonchev–Trinajstić information content (AvgIpc) is 2.00. The van der Waals surface area contributed by atoms with Gasteiger partial charge in [0.25, 0.3) is 0 Å². The van der Waals surface area contributed by atoms with Crippen LogP contribution in [0.2, 0.25) is 0 Å². The summed E-state index contributed by atoms with van der Waals surface area (Å²) in [5.41, 5.74) is 8.08. The second kappa shape index (κ2) is 5.17. The molecule has 0 saturated heterocycles. The first kappa shape index (κ1) is 10.5. The lowest BCUT2D eigenvalue weighted by atomic mass is 10.4. The molecule has 0 radical (unpaired) electrons. The Hall–Kier alpha value is -1.52. The molecule has 0 heterocycles. The Morgan fingerprint density at radius 1 is 1.92 bits per heavy atom. The lowest BCUT2D eigenvalue weighted by molar-refractivity contribution is -0.141. The topological polar surface area (TPSA) is 95.3 Å². The molecule has 0 unspecified atom stereocenters. The van der Waals surface area contributed by atoms with E-state index in [1.54, 1.807) is 0 Å². The standard InChI is InChI=1S/C6H9N3O3/c1-4(2)6(11)12-3-5(10)8-9-7/h5,10H,1,3H2,2H3/t5-/m0/s1. The predicted octanol–water partition coefficient (Wildman–Crippen LogP) is 0.734. The molecule has 0 spiro atoms. The van der Waals surface area contributed by atoms with Gasteiger partial charge in [-0.05, 0) is 12.5 Å². The van der Waals surface area contributed by atoms with Crippen LogP contribution in [0.4, 0.5) is 0 Å². The fourth-order valence-electron chi connectivity index (χ4n) is 0.366.